The van der Waals surface area contributed by atoms with E-state index in [-0.39, 0.29) is 11.3 Å². The first-order valence-electron chi connectivity index (χ1n) is 7.32. The molecule has 0 aromatic heterocycles. The van der Waals surface area contributed by atoms with Gasteiger partial charge < -0.3 is 15.4 Å². The third-order valence-corrected chi connectivity index (χ3v) is 4.61. The highest BCUT2D eigenvalue weighted by Crippen LogP contribution is 2.27. The van der Waals surface area contributed by atoms with Crippen molar-refractivity contribution >= 4 is 21.8 Å². The Labute approximate surface area is 134 Å². The molecule has 0 aliphatic carbocycles. The van der Waals surface area contributed by atoms with Crippen molar-refractivity contribution in [3.05, 3.63) is 28.2 Å². The molecule has 1 aromatic carbocycles. The van der Waals surface area contributed by atoms with Crippen LogP contribution in [0.4, 0.5) is 0 Å². The number of carbonyl (C=O) groups is 1. The van der Waals surface area contributed by atoms with E-state index < -0.39 is 0 Å². The first kappa shape index (κ1) is 16.3. The molecular weight excluding hydrogens is 332 g/mol. The molecule has 21 heavy (non-hydrogen) atoms. The van der Waals surface area contributed by atoms with Crippen LogP contribution in [0.3, 0.4) is 0 Å². The van der Waals surface area contributed by atoms with Crippen LogP contribution in [-0.4, -0.2) is 32.7 Å². The fourth-order valence-electron chi connectivity index (χ4n) is 2.64. The smallest absolute Gasteiger partial charge is 0.224 e. The van der Waals surface area contributed by atoms with E-state index in [1.54, 1.807) is 7.11 Å². The van der Waals surface area contributed by atoms with Gasteiger partial charge in [0.2, 0.25) is 5.91 Å². The van der Waals surface area contributed by atoms with Crippen molar-refractivity contribution in [3.63, 3.8) is 0 Å². The Kier molecular flexibility index (Phi) is 5.65. The predicted molar refractivity (Wildman–Crippen MR) is 87.6 cm³/mol. The first-order valence-corrected chi connectivity index (χ1v) is 8.11. The van der Waals surface area contributed by atoms with E-state index in [1.165, 1.54) is 0 Å². The van der Waals surface area contributed by atoms with Crippen LogP contribution < -0.4 is 15.4 Å². The van der Waals surface area contributed by atoms with Gasteiger partial charge in [0.05, 0.1) is 13.5 Å². The second kappa shape index (κ2) is 7.27. The van der Waals surface area contributed by atoms with E-state index in [9.17, 15) is 4.79 Å². The average molecular weight is 355 g/mol. The third-order valence-electron chi connectivity index (χ3n) is 4.12. The summed E-state index contributed by atoms with van der Waals surface area (Å²) in [5, 5.41) is 6.43. The van der Waals surface area contributed by atoms with Gasteiger partial charge in [-0.25, -0.2) is 0 Å². The van der Waals surface area contributed by atoms with Crippen LogP contribution in [0.5, 0.6) is 5.75 Å². The van der Waals surface area contributed by atoms with E-state index >= 15 is 0 Å². The molecule has 2 N–H and O–H groups in total. The van der Waals surface area contributed by atoms with E-state index in [4.69, 9.17) is 4.74 Å². The highest BCUT2D eigenvalue weighted by molar-refractivity contribution is 9.10. The number of ether oxygens (including phenoxy) is 1. The molecule has 1 aliphatic heterocycles. The summed E-state index contributed by atoms with van der Waals surface area (Å²) in [5.41, 5.74) is 1.11. The van der Waals surface area contributed by atoms with E-state index in [2.05, 4.69) is 33.5 Å². The molecule has 1 saturated heterocycles. The minimum atomic E-state index is 0.0474. The van der Waals surface area contributed by atoms with Crippen LogP contribution in [0.2, 0.25) is 0 Å². The molecule has 1 fully saturated rings. The number of hydrogen-bond acceptors (Lipinski definition) is 3. The lowest BCUT2D eigenvalue weighted by molar-refractivity contribution is -0.121. The van der Waals surface area contributed by atoms with Crippen molar-refractivity contribution in [2.45, 2.75) is 26.2 Å². The number of benzene rings is 1. The first-order chi connectivity index (χ1) is 10.0. The van der Waals surface area contributed by atoms with Crippen LogP contribution in [0.15, 0.2) is 22.7 Å². The van der Waals surface area contributed by atoms with Gasteiger partial charge in [-0.3, -0.25) is 4.79 Å². The molecule has 1 amide bonds. The van der Waals surface area contributed by atoms with Crippen molar-refractivity contribution in [1.82, 2.24) is 10.6 Å². The minimum Gasteiger partial charge on any atom is -0.496 e. The summed E-state index contributed by atoms with van der Waals surface area (Å²) in [7, 11) is 1.63. The van der Waals surface area contributed by atoms with Crippen molar-refractivity contribution in [2.24, 2.45) is 5.41 Å². The molecule has 0 radical (unpaired) electrons. The Balaban J connectivity index is 1.91. The van der Waals surface area contributed by atoms with Crippen LogP contribution in [-0.2, 0) is 11.2 Å². The van der Waals surface area contributed by atoms with E-state index in [1.807, 2.05) is 18.2 Å². The van der Waals surface area contributed by atoms with Crippen LogP contribution in [0.25, 0.3) is 0 Å². The summed E-state index contributed by atoms with van der Waals surface area (Å²) in [6, 6.07) is 5.72. The Morgan fingerprint density at radius 3 is 2.81 bits per heavy atom. The Bertz CT molecular complexity index is 499. The van der Waals surface area contributed by atoms with Gasteiger partial charge in [-0.05, 0) is 49.5 Å². The molecule has 0 unspecified atom stereocenters. The van der Waals surface area contributed by atoms with Gasteiger partial charge in [0.1, 0.15) is 5.75 Å². The number of methoxy groups -OCH3 is 1. The zero-order valence-corrected chi connectivity index (χ0v) is 14.3. The minimum absolute atomic E-state index is 0.0474. The number of nitrogens with one attached hydrogen (secondary N) is 2. The highest BCUT2D eigenvalue weighted by atomic mass is 79.9. The number of piperidine rings is 1. The second-order valence-electron chi connectivity index (χ2n) is 5.97. The van der Waals surface area contributed by atoms with Crippen LogP contribution in [0, 0.1) is 5.41 Å². The summed E-state index contributed by atoms with van der Waals surface area (Å²) < 4.78 is 6.26. The lowest BCUT2D eigenvalue weighted by atomic mass is 9.81. The zero-order chi connectivity index (χ0) is 15.3. The maximum atomic E-state index is 12.2. The molecule has 5 heteroatoms. The van der Waals surface area contributed by atoms with Gasteiger partial charge in [0.15, 0.2) is 0 Å². The van der Waals surface area contributed by atoms with Crippen molar-refractivity contribution < 1.29 is 9.53 Å². The van der Waals surface area contributed by atoms with Crippen molar-refractivity contribution in [3.8, 4) is 5.75 Å². The topological polar surface area (TPSA) is 50.4 Å². The molecule has 1 aromatic rings. The number of halogens is 1. The Hall–Kier alpha value is -1.07. The van der Waals surface area contributed by atoms with Gasteiger partial charge >= 0.3 is 0 Å². The number of amides is 1. The van der Waals surface area contributed by atoms with Gasteiger partial charge in [-0.2, -0.15) is 0 Å². The lowest BCUT2D eigenvalue weighted by Crippen LogP contribution is -2.43. The third kappa shape index (κ3) is 4.71. The van der Waals surface area contributed by atoms with Crippen molar-refractivity contribution in [1.29, 1.82) is 0 Å². The lowest BCUT2D eigenvalue weighted by Gasteiger charge is -2.34. The molecule has 116 valence electrons. The fourth-order valence-corrected chi connectivity index (χ4v) is 3.05. The largest absolute Gasteiger partial charge is 0.496 e. The molecule has 2 rings (SSSR count). The standard InChI is InChI=1S/C16H23BrN2O2/c1-16(5-7-18-8-6-16)11-19-15(20)10-12-9-13(17)3-4-14(12)21-2/h3-4,9,18H,5-8,10-11H2,1-2H3,(H,19,20). The van der Waals surface area contributed by atoms with Crippen molar-refractivity contribution in [2.75, 3.05) is 26.7 Å². The molecule has 1 aliphatic rings. The predicted octanol–water partition coefficient (Wildman–Crippen LogP) is 2.51. The van der Waals surface area contributed by atoms with Gasteiger partial charge in [0.25, 0.3) is 0 Å². The molecular formula is C16H23BrN2O2. The Morgan fingerprint density at radius 2 is 2.14 bits per heavy atom. The second-order valence-corrected chi connectivity index (χ2v) is 6.89. The molecule has 4 nitrogen and oxygen atoms in total. The highest BCUT2D eigenvalue weighted by Gasteiger charge is 2.27. The van der Waals surface area contributed by atoms with Crippen LogP contribution in [0.1, 0.15) is 25.3 Å². The summed E-state index contributed by atoms with van der Waals surface area (Å²) in [5.74, 6) is 0.799. The average Bonchev–Trinajstić information content (AvgIpc) is 2.46. The van der Waals surface area contributed by atoms with Gasteiger partial charge in [-0.1, -0.05) is 22.9 Å². The van der Waals surface area contributed by atoms with Crippen LogP contribution >= 0.6 is 15.9 Å². The summed E-state index contributed by atoms with van der Waals surface area (Å²) in [6.07, 6.45) is 2.55. The maximum absolute atomic E-state index is 12.2. The monoisotopic (exact) mass is 354 g/mol. The van der Waals surface area contributed by atoms with Gasteiger partial charge in [0, 0.05) is 16.6 Å². The van der Waals surface area contributed by atoms with Gasteiger partial charge in [-0.15, -0.1) is 0 Å². The Morgan fingerprint density at radius 1 is 1.43 bits per heavy atom. The molecule has 0 spiro atoms. The fraction of sp³-hybridized carbons (Fsp3) is 0.562. The number of carbonyl (C=O) groups excluding carboxylic acids is 1. The quantitative estimate of drug-likeness (QED) is 0.853. The summed E-state index contributed by atoms with van der Waals surface area (Å²) >= 11 is 3.43. The normalized spacial score (nSPS) is 17.3. The van der Waals surface area contributed by atoms with E-state index in [0.717, 1.165) is 48.3 Å². The molecule has 1 heterocycles. The SMILES string of the molecule is COc1ccc(Br)cc1CC(=O)NCC1(C)CCNCC1. The molecule has 0 bridgehead atoms. The van der Waals surface area contributed by atoms with E-state index in [0.29, 0.717) is 6.42 Å². The molecule has 0 saturated carbocycles. The maximum Gasteiger partial charge on any atom is 0.224 e. The number of hydrogen-bond donors (Lipinski definition) is 2. The summed E-state index contributed by atoms with van der Waals surface area (Å²) in [4.78, 5) is 12.2. The summed E-state index contributed by atoms with van der Waals surface area (Å²) in [6.45, 7) is 5.05. The zero-order valence-electron chi connectivity index (χ0n) is 12.7. The molecule has 0 atom stereocenters. The number of rotatable bonds is 5.